The minimum absolute atomic E-state index is 0.0721. The van der Waals surface area contributed by atoms with Crippen LogP contribution in [0.25, 0.3) is 11.3 Å². The molecule has 0 aliphatic heterocycles. The van der Waals surface area contributed by atoms with E-state index in [4.69, 9.17) is 14.0 Å². The first-order valence-corrected chi connectivity index (χ1v) is 15.5. The summed E-state index contributed by atoms with van der Waals surface area (Å²) in [5.74, 6) is -1.21. The molecule has 0 aliphatic rings. The highest BCUT2D eigenvalue weighted by atomic mass is 16.7. The van der Waals surface area contributed by atoms with Crippen LogP contribution >= 0.6 is 0 Å². The first-order valence-electron chi connectivity index (χ1n) is 15.5. The van der Waals surface area contributed by atoms with Crippen molar-refractivity contribution in [2.75, 3.05) is 6.67 Å². The van der Waals surface area contributed by atoms with Crippen LogP contribution in [0.3, 0.4) is 0 Å². The van der Waals surface area contributed by atoms with Crippen molar-refractivity contribution in [3.05, 3.63) is 83.6 Å². The van der Waals surface area contributed by atoms with Crippen molar-refractivity contribution < 1.29 is 33.2 Å². The van der Waals surface area contributed by atoms with Gasteiger partial charge in [0.05, 0.1) is 24.2 Å². The van der Waals surface area contributed by atoms with E-state index >= 15 is 0 Å². The summed E-state index contributed by atoms with van der Waals surface area (Å²) >= 11 is 0. The van der Waals surface area contributed by atoms with Crippen molar-refractivity contribution in [3.63, 3.8) is 0 Å². The quantitative estimate of drug-likeness (QED) is 0.0599. The van der Waals surface area contributed by atoms with Gasteiger partial charge in [-0.2, -0.15) is 0 Å². The van der Waals surface area contributed by atoms with E-state index in [0.29, 0.717) is 36.1 Å². The van der Waals surface area contributed by atoms with Gasteiger partial charge in [-0.3, -0.25) is 19.2 Å². The lowest BCUT2D eigenvalue weighted by molar-refractivity contribution is -0.200. The molecule has 242 valence electrons. The lowest BCUT2D eigenvalue weighted by atomic mass is 9.90. The predicted molar refractivity (Wildman–Crippen MR) is 171 cm³/mol. The van der Waals surface area contributed by atoms with Crippen molar-refractivity contribution in [1.82, 2.24) is 15.7 Å². The predicted octanol–water partition coefficient (Wildman–Crippen LogP) is 6.27. The van der Waals surface area contributed by atoms with Gasteiger partial charge in [0.25, 0.3) is 5.91 Å². The lowest BCUT2D eigenvalue weighted by Crippen LogP contribution is -2.48. The molecular weight excluding hydrogens is 574 g/mol. The van der Waals surface area contributed by atoms with E-state index in [9.17, 15) is 19.2 Å². The Hall–Kier alpha value is -4.44. The second kappa shape index (κ2) is 17.2. The summed E-state index contributed by atoms with van der Waals surface area (Å²) in [5.41, 5.74) is 1.40. The molecule has 1 unspecified atom stereocenters. The molecule has 3 amide bonds. The van der Waals surface area contributed by atoms with E-state index in [1.165, 1.54) is 5.06 Å². The number of carbonyl (C=O) groups excluding carboxylic acids is 4. The number of hydroxylamine groups is 2. The first-order chi connectivity index (χ1) is 21.6. The molecule has 0 bridgehead atoms. The van der Waals surface area contributed by atoms with Crippen LogP contribution in [0, 0.1) is 5.92 Å². The van der Waals surface area contributed by atoms with E-state index in [-0.39, 0.29) is 24.9 Å². The molecule has 0 saturated carbocycles. The number of amides is 3. The molecule has 0 aliphatic carbocycles. The van der Waals surface area contributed by atoms with Crippen LogP contribution in [0.15, 0.2) is 71.1 Å². The summed E-state index contributed by atoms with van der Waals surface area (Å²) in [4.78, 5) is 56.3. The van der Waals surface area contributed by atoms with Crippen LogP contribution in [-0.4, -0.2) is 47.6 Å². The number of rotatable bonds is 17. The third kappa shape index (κ3) is 10.9. The van der Waals surface area contributed by atoms with E-state index in [1.807, 2.05) is 37.3 Å². The van der Waals surface area contributed by atoms with Crippen molar-refractivity contribution in [2.24, 2.45) is 5.92 Å². The molecule has 3 rings (SSSR count). The Morgan fingerprint density at radius 3 is 2.27 bits per heavy atom. The van der Waals surface area contributed by atoms with Crippen molar-refractivity contribution in [2.45, 2.75) is 85.0 Å². The topological polar surface area (TPSA) is 127 Å². The van der Waals surface area contributed by atoms with Crippen LogP contribution in [0.5, 0.6) is 0 Å². The fraction of sp³-hybridized carbons (Fsp3) is 0.429. The Balaban J connectivity index is 1.59. The van der Waals surface area contributed by atoms with E-state index in [0.717, 1.165) is 24.8 Å². The third-order valence-corrected chi connectivity index (χ3v) is 7.14. The van der Waals surface area contributed by atoms with E-state index in [2.05, 4.69) is 17.6 Å². The van der Waals surface area contributed by atoms with Gasteiger partial charge in [0.15, 0.2) is 5.76 Å². The zero-order valence-corrected chi connectivity index (χ0v) is 26.8. The number of hydrogen-bond donors (Lipinski definition) is 2. The zero-order chi connectivity index (χ0) is 32.8. The fourth-order valence-corrected chi connectivity index (χ4v) is 4.83. The summed E-state index contributed by atoms with van der Waals surface area (Å²) in [6, 6.07) is 18.9. The maximum atomic E-state index is 13.4. The van der Waals surface area contributed by atoms with Gasteiger partial charge in [-0.1, -0.05) is 75.6 Å². The number of unbranched alkanes of at least 4 members (excludes halogenated alkanes) is 2. The number of ether oxygens (including phenoxy) is 1. The molecule has 2 aromatic carbocycles. The van der Waals surface area contributed by atoms with E-state index < -0.39 is 29.4 Å². The molecule has 10 heteroatoms. The van der Waals surface area contributed by atoms with E-state index in [1.54, 1.807) is 57.2 Å². The average Bonchev–Trinajstić information content (AvgIpc) is 3.52. The first kappa shape index (κ1) is 35.0. The number of hydrogen-bond acceptors (Lipinski definition) is 7. The largest absolute Gasteiger partial charge is 0.456 e. The molecule has 0 fully saturated rings. The molecule has 0 saturated heterocycles. The van der Waals surface area contributed by atoms with Crippen molar-refractivity contribution in [3.8, 4) is 11.3 Å². The minimum Gasteiger partial charge on any atom is -0.456 e. The van der Waals surface area contributed by atoms with Gasteiger partial charge in [-0.05, 0) is 63.4 Å². The summed E-state index contributed by atoms with van der Waals surface area (Å²) < 4.78 is 11.1. The van der Waals surface area contributed by atoms with Gasteiger partial charge < -0.3 is 19.8 Å². The Morgan fingerprint density at radius 2 is 1.64 bits per heavy atom. The van der Waals surface area contributed by atoms with Crippen LogP contribution in [-0.2, 0) is 25.8 Å². The molecule has 1 heterocycles. The molecule has 3 aromatic rings. The number of furan rings is 1. The van der Waals surface area contributed by atoms with Gasteiger partial charge in [0.2, 0.25) is 12.3 Å². The molecule has 1 aromatic heterocycles. The van der Waals surface area contributed by atoms with Crippen LogP contribution < -0.4 is 10.6 Å². The van der Waals surface area contributed by atoms with Crippen LogP contribution in [0.1, 0.15) is 93.2 Å². The third-order valence-electron chi connectivity index (χ3n) is 7.14. The van der Waals surface area contributed by atoms with Crippen molar-refractivity contribution >= 4 is 24.2 Å². The number of nitrogens with zero attached hydrogens (tertiary/aromatic N) is 1. The van der Waals surface area contributed by atoms with Crippen molar-refractivity contribution in [1.29, 1.82) is 0 Å². The SMILES string of the molecule is CCCCCC(C(=O)NCNC(=O)c1ccc(-c2ccc(C(=O)OC(C)(C)C)cc2)o1)[C@@H](CC)N(C=O)OCc1ccccc1. The maximum absolute atomic E-state index is 13.4. The molecule has 0 radical (unpaired) electrons. The minimum atomic E-state index is -0.598. The lowest BCUT2D eigenvalue weighted by Gasteiger charge is -2.32. The van der Waals surface area contributed by atoms with Crippen LogP contribution in [0.4, 0.5) is 0 Å². The van der Waals surface area contributed by atoms with Gasteiger partial charge in [-0.15, -0.1) is 0 Å². The number of esters is 1. The molecular formula is C35H45N3O7. The molecule has 10 nitrogen and oxygen atoms in total. The molecule has 2 N–H and O–H groups in total. The molecule has 0 spiro atoms. The monoisotopic (exact) mass is 619 g/mol. The Morgan fingerprint density at radius 1 is 0.933 bits per heavy atom. The smallest absolute Gasteiger partial charge is 0.338 e. The Labute approximate surface area is 265 Å². The highest BCUT2D eigenvalue weighted by molar-refractivity contribution is 5.93. The summed E-state index contributed by atoms with van der Waals surface area (Å²) in [6.07, 6.45) is 4.46. The number of benzene rings is 2. The standard InChI is InChI=1S/C35H45N3O7/c1-6-8-10-15-28(29(7-2)38(24-39)43-22-25-13-11-9-12-14-25)32(40)36-23-37-33(41)31-21-20-30(44-31)26-16-18-27(19-17-26)34(42)45-35(3,4)5/h9,11-14,16-21,24,28-29H,6-8,10,15,22-23H2,1-5H3,(H,36,40)(H,37,41)/t28?,29-/m1/s1. The second-order valence-electron chi connectivity index (χ2n) is 11.8. The highest BCUT2D eigenvalue weighted by Crippen LogP contribution is 2.24. The summed E-state index contributed by atoms with van der Waals surface area (Å²) in [5, 5.41) is 6.71. The zero-order valence-electron chi connectivity index (χ0n) is 26.8. The Bertz CT molecular complexity index is 1380. The van der Waals surface area contributed by atoms with Gasteiger partial charge >= 0.3 is 5.97 Å². The van der Waals surface area contributed by atoms with Gasteiger partial charge in [-0.25, -0.2) is 9.86 Å². The van der Waals surface area contributed by atoms with Gasteiger partial charge in [0.1, 0.15) is 18.0 Å². The fourth-order valence-electron chi connectivity index (χ4n) is 4.83. The summed E-state index contributed by atoms with van der Waals surface area (Å²) in [6.45, 7) is 9.49. The highest BCUT2D eigenvalue weighted by Gasteiger charge is 2.32. The molecule has 2 atom stereocenters. The number of carbonyl (C=O) groups is 4. The maximum Gasteiger partial charge on any atom is 0.338 e. The molecule has 45 heavy (non-hydrogen) atoms. The average molecular weight is 620 g/mol. The normalized spacial score (nSPS) is 12.6. The summed E-state index contributed by atoms with van der Waals surface area (Å²) in [7, 11) is 0. The number of nitrogens with one attached hydrogen (secondary N) is 2. The van der Waals surface area contributed by atoms with Gasteiger partial charge in [0, 0.05) is 5.56 Å². The Kier molecular flexibility index (Phi) is 13.4. The van der Waals surface area contributed by atoms with Crippen LogP contribution in [0.2, 0.25) is 0 Å². The second-order valence-corrected chi connectivity index (χ2v) is 11.8.